The van der Waals surface area contributed by atoms with E-state index < -0.39 is 15.9 Å². The first kappa shape index (κ1) is 23.6. The van der Waals surface area contributed by atoms with Gasteiger partial charge in [0.1, 0.15) is 12.3 Å². The highest BCUT2D eigenvalue weighted by Gasteiger charge is 2.21. The molecule has 0 radical (unpaired) electrons. The van der Waals surface area contributed by atoms with Gasteiger partial charge in [0.25, 0.3) is 0 Å². The minimum absolute atomic E-state index is 0.00586. The van der Waals surface area contributed by atoms with Crippen molar-refractivity contribution < 1.29 is 17.9 Å². The van der Waals surface area contributed by atoms with Crippen molar-refractivity contribution in [3.8, 4) is 5.75 Å². The number of carbonyl (C=O) groups is 1. The highest BCUT2D eigenvalue weighted by molar-refractivity contribution is 7.92. The average molecular weight is 480 g/mol. The molecule has 3 aromatic carbocycles. The molecular weight excluding hydrogens is 450 g/mol. The van der Waals surface area contributed by atoms with E-state index in [9.17, 15) is 13.2 Å². The number of aromatic nitrogens is 1. The van der Waals surface area contributed by atoms with Crippen LogP contribution in [0.4, 0.5) is 11.4 Å². The fourth-order valence-corrected chi connectivity index (χ4v) is 5.02. The van der Waals surface area contributed by atoms with Crippen molar-refractivity contribution in [1.29, 1.82) is 0 Å². The summed E-state index contributed by atoms with van der Waals surface area (Å²) in [6.45, 7) is 6.43. The van der Waals surface area contributed by atoms with Crippen molar-refractivity contribution in [3.05, 3.63) is 66.7 Å². The van der Waals surface area contributed by atoms with Crippen LogP contribution in [0.15, 0.2) is 66.7 Å². The zero-order valence-electron chi connectivity index (χ0n) is 19.8. The van der Waals surface area contributed by atoms with Crippen LogP contribution in [-0.4, -0.2) is 37.8 Å². The molecule has 0 bridgehead atoms. The summed E-state index contributed by atoms with van der Waals surface area (Å²) in [5.74, 6) is 0.211. The van der Waals surface area contributed by atoms with Gasteiger partial charge in [0.15, 0.2) is 0 Å². The van der Waals surface area contributed by atoms with Crippen molar-refractivity contribution in [2.24, 2.45) is 0 Å². The van der Waals surface area contributed by atoms with E-state index in [1.54, 1.807) is 24.3 Å². The number of nitrogens with one attached hydrogen (secondary N) is 1. The summed E-state index contributed by atoms with van der Waals surface area (Å²) >= 11 is 0. The van der Waals surface area contributed by atoms with Gasteiger partial charge in [-0.3, -0.25) is 9.10 Å². The second-order valence-electron chi connectivity index (χ2n) is 8.47. The zero-order chi connectivity index (χ0) is 24.5. The number of para-hydroxylation sites is 1. The lowest BCUT2D eigenvalue weighted by atomic mass is 10.1. The molecule has 0 saturated heterocycles. The Balaban J connectivity index is 1.58. The fourth-order valence-electron chi connectivity index (χ4n) is 4.17. The number of hydrogen-bond acceptors (Lipinski definition) is 4. The molecule has 0 fully saturated rings. The number of amides is 1. The van der Waals surface area contributed by atoms with Gasteiger partial charge in [-0.2, -0.15) is 0 Å². The van der Waals surface area contributed by atoms with Gasteiger partial charge >= 0.3 is 0 Å². The third-order valence-electron chi connectivity index (χ3n) is 5.56. The summed E-state index contributed by atoms with van der Waals surface area (Å²) in [6.07, 6.45) is 1.09. The number of sulfonamides is 1. The molecule has 0 aliphatic rings. The van der Waals surface area contributed by atoms with Crippen LogP contribution in [0.25, 0.3) is 21.8 Å². The number of rotatable bonds is 8. The molecule has 4 aromatic rings. The molecule has 178 valence electrons. The van der Waals surface area contributed by atoms with Gasteiger partial charge < -0.3 is 14.6 Å². The maximum atomic E-state index is 12.9. The van der Waals surface area contributed by atoms with Gasteiger partial charge in [-0.25, -0.2) is 8.42 Å². The van der Waals surface area contributed by atoms with Crippen LogP contribution in [0.2, 0.25) is 0 Å². The van der Waals surface area contributed by atoms with Crippen LogP contribution >= 0.6 is 0 Å². The molecule has 4 rings (SSSR count). The Morgan fingerprint density at radius 2 is 1.68 bits per heavy atom. The van der Waals surface area contributed by atoms with E-state index >= 15 is 0 Å². The summed E-state index contributed by atoms with van der Waals surface area (Å²) in [4.78, 5) is 12.9. The maximum Gasteiger partial charge on any atom is 0.245 e. The largest absolute Gasteiger partial charge is 0.491 e. The summed E-state index contributed by atoms with van der Waals surface area (Å²) in [7, 11) is -3.68. The van der Waals surface area contributed by atoms with Crippen LogP contribution in [0.5, 0.6) is 5.75 Å². The second kappa shape index (κ2) is 9.38. The van der Waals surface area contributed by atoms with Gasteiger partial charge in [0.05, 0.1) is 18.0 Å². The Morgan fingerprint density at radius 3 is 2.32 bits per heavy atom. The van der Waals surface area contributed by atoms with E-state index in [0.29, 0.717) is 17.1 Å². The molecule has 7 nitrogen and oxygen atoms in total. The van der Waals surface area contributed by atoms with Crippen LogP contribution in [0, 0.1) is 0 Å². The lowest BCUT2D eigenvalue weighted by Gasteiger charge is -2.22. The Hall–Kier alpha value is -3.52. The second-order valence-corrected chi connectivity index (χ2v) is 10.4. The minimum Gasteiger partial charge on any atom is -0.491 e. The molecule has 1 heterocycles. The van der Waals surface area contributed by atoms with Crippen LogP contribution in [-0.2, 0) is 21.4 Å². The smallest absolute Gasteiger partial charge is 0.245 e. The van der Waals surface area contributed by atoms with Crippen molar-refractivity contribution in [2.45, 2.75) is 33.4 Å². The molecule has 34 heavy (non-hydrogen) atoms. The number of hydrogen-bond donors (Lipinski definition) is 1. The predicted octanol–water partition coefficient (Wildman–Crippen LogP) is 5.01. The predicted molar refractivity (Wildman–Crippen MR) is 138 cm³/mol. The molecule has 0 saturated carbocycles. The van der Waals surface area contributed by atoms with E-state index in [1.165, 1.54) is 0 Å². The number of carbonyl (C=O) groups excluding carboxylic acids is 1. The van der Waals surface area contributed by atoms with Crippen molar-refractivity contribution in [3.63, 3.8) is 0 Å². The Morgan fingerprint density at radius 1 is 1.00 bits per heavy atom. The van der Waals surface area contributed by atoms with Gasteiger partial charge in [0, 0.05) is 34.0 Å². The van der Waals surface area contributed by atoms with Crippen molar-refractivity contribution in [2.75, 3.05) is 22.4 Å². The summed E-state index contributed by atoms with van der Waals surface area (Å²) in [5.41, 5.74) is 3.24. The van der Waals surface area contributed by atoms with E-state index in [0.717, 1.165) is 38.9 Å². The average Bonchev–Trinajstić information content (AvgIpc) is 3.10. The number of benzene rings is 3. The van der Waals surface area contributed by atoms with Gasteiger partial charge in [-0.15, -0.1) is 0 Å². The topological polar surface area (TPSA) is 80.6 Å². The normalized spacial score (nSPS) is 11.8. The fraction of sp³-hybridized carbons (Fsp3) is 0.269. The lowest BCUT2D eigenvalue weighted by Crippen LogP contribution is -2.37. The molecule has 0 spiro atoms. The molecule has 0 aliphatic carbocycles. The van der Waals surface area contributed by atoms with Gasteiger partial charge in [0.2, 0.25) is 15.9 Å². The number of anilines is 2. The molecule has 1 N–H and O–H groups in total. The molecule has 0 unspecified atom stereocenters. The summed E-state index contributed by atoms with van der Waals surface area (Å²) in [5, 5.41) is 5.00. The number of fused-ring (bicyclic) bond motifs is 3. The highest BCUT2D eigenvalue weighted by atomic mass is 32.2. The molecular formula is C26H29N3O4S. The third-order valence-corrected chi connectivity index (χ3v) is 6.70. The highest BCUT2D eigenvalue weighted by Crippen LogP contribution is 2.31. The maximum absolute atomic E-state index is 12.9. The zero-order valence-corrected chi connectivity index (χ0v) is 20.6. The molecule has 0 atom stereocenters. The monoisotopic (exact) mass is 479 g/mol. The first-order valence-corrected chi connectivity index (χ1v) is 13.1. The van der Waals surface area contributed by atoms with Gasteiger partial charge in [-0.05, 0) is 69.3 Å². The number of nitrogens with zero attached hydrogens (tertiary/aromatic N) is 2. The van der Waals surface area contributed by atoms with Crippen molar-refractivity contribution in [1.82, 2.24) is 4.57 Å². The summed E-state index contributed by atoms with van der Waals surface area (Å²) < 4.78 is 33.8. The standard InChI is InChI=1S/C26H29N3O4S/c1-5-28-24-9-7-6-8-22(24)23-16-19(10-15-25(23)28)27-26(30)17-29(34(4,31)32)20-11-13-21(14-12-20)33-18(2)3/h6-16,18H,5,17H2,1-4H3,(H,27,30). The first-order chi connectivity index (χ1) is 16.2. The van der Waals surface area contributed by atoms with E-state index in [1.807, 2.05) is 44.2 Å². The van der Waals surface area contributed by atoms with Gasteiger partial charge in [-0.1, -0.05) is 18.2 Å². The summed E-state index contributed by atoms with van der Waals surface area (Å²) in [6, 6.07) is 20.6. The van der Waals surface area contributed by atoms with E-state index in [2.05, 4.69) is 28.9 Å². The molecule has 0 aliphatic heterocycles. The lowest BCUT2D eigenvalue weighted by molar-refractivity contribution is -0.114. The van der Waals surface area contributed by atoms with E-state index in [4.69, 9.17) is 4.74 Å². The number of aryl methyl sites for hydroxylation is 1. The Bertz CT molecular complexity index is 1440. The molecule has 1 aromatic heterocycles. The van der Waals surface area contributed by atoms with E-state index in [-0.39, 0.29) is 12.6 Å². The number of ether oxygens (including phenoxy) is 1. The third kappa shape index (κ3) is 4.87. The Labute approximate surface area is 200 Å². The van der Waals surface area contributed by atoms with Crippen molar-refractivity contribution >= 4 is 49.1 Å². The minimum atomic E-state index is -3.68. The van der Waals surface area contributed by atoms with Crippen LogP contribution < -0.4 is 14.4 Å². The van der Waals surface area contributed by atoms with Crippen LogP contribution in [0.3, 0.4) is 0 Å². The first-order valence-electron chi connectivity index (χ1n) is 11.2. The SMILES string of the molecule is CCn1c2ccccc2c2cc(NC(=O)CN(c3ccc(OC(C)C)cc3)S(C)(=O)=O)ccc21. The molecule has 1 amide bonds. The van der Waals surface area contributed by atoms with Crippen LogP contribution in [0.1, 0.15) is 20.8 Å². The molecule has 8 heteroatoms. The Kier molecular flexibility index (Phi) is 6.52. The quantitative estimate of drug-likeness (QED) is 0.385.